The Hall–Kier alpha value is -0.930. The predicted octanol–water partition coefficient (Wildman–Crippen LogP) is 3.51. The van der Waals surface area contributed by atoms with E-state index in [2.05, 4.69) is 0 Å². The number of benzene rings is 1. The van der Waals surface area contributed by atoms with Crippen LogP contribution < -0.4 is 0 Å². The highest BCUT2D eigenvalue weighted by Gasteiger charge is 2.18. The smallest absolute Gasteiger partial charge is 0.186 e. The lowest BCUT2D eigenvalue weighted by atomic mass is 10.0. The normalized spacial score (nSPS) is 11.1. The van der Waals surface area contributed by atoms with Crippen molar-refractivity contribution in [2.24, 2.45) is 0 Å². The Morgan fingerprint density at radius 2 is 1.69 bits per heavy atom. The van der Waals surface area contributed by atoms with Crippen LogP contribution in [-0.4, -0.2) is 13.2 Å². The fourth-order valence-electron chi connectivity index (χ4n) is 1.74. The second-order valence-corrected chi connectivity index (χ2v) is 3.72. The molecule has 0 amide bonds. The zero-order valence-corrected chi connectivity index (χ0v) is 10.3. The highest BCUT2D eigenvalue weighted by atomic mass is 19.1. The molecule has 1 aromatic carbocycles. The number of aryl methyl sites for hydroxylation is 2. The summed E-state index contributed by atoms with van der Waals surface area (Å²) in [5, 5.41) is 0. The van der Waals surface area contributed by atoms with Gasteiger partial charge in [-0.2, -0.15) is 0 Å². The average molecular weight is 226 g/mol. The minimum atomic E-state index is -0.601. The van der Waals surface area contributed by atoms with Crippen molar-refractivity contribution < 1.29 is 13.9 Å². The lowest BCUT2D eigenvalue weighted by Crippen LogP contribution is -2.12. The summed E-state index contributed by atoms with van der Waals surface area (Å²) in [5.41, 5.74) is 2.28. The van der Waals surface area contributed by atoms with Crippen LogP contribution >= 0.6 is 0 Å². The maximum Gasteiger partial charge on any atom is 0.186 e. The van der Waals surface area contributed by atoms with Crippen LogP contribution in [0.4, 0.5) is 4.39 Å². The zero-order valence-electron chi connectivity index (χ0n) is 10.3. The molecule has 0 N–H and O–H groups in total. The topological polar surface area (TPSA) is 18.5 Å². The van der Waals surface area contributed by atoms with Gasteiger partial charge in [-0.15, -0.1) is 0 Å². The molecule has 0 unspecified atom stereocenters. The summed E-state index contributed by atoms with van der Waals surface area (Å²) in [6.45, 7) is 8.47. The Morgan fingerprint density at radius 1 is 1.12 bits per heavy atom. The molecule has 0 atom stereocenters. The van der Waals surface area contributed by atoms with Crippen molar-refractivity contribution in [2.45, 2.75) is 34.0 Å². The third-order valence-corrected chi connectivity index (χ3v) is 2.35. The molecular formula is C13H19FO2. The van der Waals surface area contributed by atoms with Crippen LogP contribution in [0.1, 0.15) is 36.8 Å². The molecule has 0 heterocycles. The van der Waals surface area contributed by atoms with Crippen LogP contribution in [-0.2, 0) is 9.47 Å². The van der Waals surface area contributed by atoms with Crippen LogP contribution in [0.25, 0.3) is 0 Å². The number of hydrogen-bond acceptors (Lipinski definition) is 2. The highest BCUT2D eigenvalue weighted by Crippen LogP contribution is 2.26. The molecule has 90 valence electrons. The van der Waals surface area contributed by atoms with Crippen molar-refractivity contribution in [1.29, 1.82) is 0 Å². The first kappa shape index (κ1) is 13.1. The Morgan fingerprint density at radius 3 is 2.12 bits per heavy atom. The largest absolute Gasteiger partial charge is 0.349 e. The van der Waals surface area contributed by atoms with E-state index >= 15 is 0 Å². The van der Waals surface area contributed by atoms with E-state index in [9.17, 15) is 4.39 Å². The summed E-state index contributed by atoms with van der Waals surface area (Å²) >= 11 is 0. The van der Waals surface area contributed by atoms with Gasteiger partial charge >= 0.3 is 0 Å². The SMILES string of the molecule is CCOC(OCC)c1c(C)cc(C)cc1F. The molecule has 0 aromatic heterocycles. The Bertz CT molecular complexity index is 321. The molecule has 16 heavy (non-hydrogen) atoms. The zero-order chi connectivity index (χ0) is 12.1. The van der Waals surface area contributed by atoms with Gasteiger partial charge in [0.25, 0.3) is 0 Å². The molecule has 0 aliphatic heterocycles. The highest BCUT2D eigenvalue weighted by molar-refractivity contribution is 5.32. The molecule has 1 aromatic rings. The summed E-state index contributed by atoms with van der Waals surface area (Å²) in [6, 6.07) is 3.44. The molecule has 1 rings (SSSR count). The second kappa shape index (κ2) is 5.97. The second-order valence-electron chi connectivity index (χ2n) is 3.72. The molecule has 0 aliphatic carbocycles. The third kappa shape index (κ3) is 3.03. The molecule has 0 radical (unpaired) electrons. The van der Waals surface area contributed by atoms with E-state index in [0.717, 1.165) is 11.1 Å². The third-order valence-electron chi connectivity index (χ3n) is 2.35. The van der Waals surface area contributed by atoms with Crippen LogP contribution in [0, 0.1) is 19.7 Å². The fourth-order valence-corrected chi connectivity index (χ4v) is 1.74. The molecule has 0 fully saturated rings. The van der Waals surface area contributed by atoms with Crippen molar-refractivity contribution in [3.8, 4) is 0 Å². The van der Waals surface area contributed by atoms with Gasteiger partial charge in [-0.1, -0.05) is 6.07 Å². The van der Waals surface area contributed by atoms with E-state index in [1.54, 1.807) is 0 Å². The van der Waals surface area contributed by atoms with Gasteiger partial charge in [-0.25, -0.2) is 4.39 Å². The number of hydrogen-bond donors (Lipinski definition) is 0. The minimum Gasteiger partial charge on any atom is -0.349 e. The lowest BCUT2D eigenvalue weighted by Gasteiger charge is -2.20. The van der Waals surface area contributed by atoms with E-state index in [-0.39, 0.29) is 5.82 Å². The average Bonchev–Trinajstić information content (AvgIpc) is 2.16. The van der Waals surface area contributed by atoms with Gasteiger partial charge in [0.1, 0.15) is 5.82 Å². The molecule has 0 bridgehead atoms. The fraction of sp³-hybridized carbons (Fsp3) is 0.538. The summed E-state index contributed by atoms with van der Waals surface area (Å²) in [5.74, 6) is -0.260. The molecular weight excluding hydrogens is 207 g/mol. The molecule has 3 heteroatoms. The molecule has 0 spiro atoms. The van der Waals surface area contributed by atoms with E-state index < -0.39 is 6.29 Å². The van der Waals surface area contributed by atoms with Crippen LogP contribution in [0.5, 0.6) is 0 Å². The van der Waals surface area contributed by atoms with Crippen molar-refractivity contribution >= 4 is 0 Å². The van der Waals surface area contributed by atoms with Crippen LogP contribution in [0.15, 0.2) is 12.1 Å². The summed E-state index contributed by atoms with van der Waals surface area (Å²) in [7, 11) is 0. The summed E-state index contributed by atoms with van der Waals surface area (Å²) in [6.07, 6.45) is -0.601. The van der Waals surface area contributed by atoms with Crippen molar-refractivity contribution in [3.63, 3.8) is 0 Å². The first-order chi connectivity index (χ1) is 7.60. The van der Waals surface area contributed by atoms with Crippen LogP contribution in [0.2, 0.25) is 0 Å². The van der Waals surface area contributed by atoms with Gasteiger partial charge < -0.3 is 9.47 Å². The van der Waals surface area contributed by atoms with E-state index in [1.165, 1.54) is 6.07 Å². The summed E-state index contributed by atoms with van der Waals surface area (Å²) in [4.78, 5) is 0. The maximum atomic E-state index is 13.8. The monoisotopic (exact) mass is 226 g/mol. The Labute approximate surface area is 96.4 Å². The Balaban J connectivity index is 3.07. The first-order valence-corrected chi connectivity index (χ1v) is 5.60. The minimum absolute atomic E-state index is 0.260. The predicted molar refractivity (Wildman–Crippen MR) is 61.9 cm³/mol. The van der Waals surface area contributed by atoms with Gasteiger partial charge in [0.15, 0.2) is 6.29 Å². The standard InChI is InChI=1S/C13H19FO2/c1-5-15-13(16-6-2)12-10(4)7-9(3)8-11(12)14/h7-8,13H,5-6H2,1-4H3. The molecule has 2 nitrogen and oxygen atoms in total. The molecule has 0 saturated carbocycles. The van der Waals surface area contributed by atoms with Crippen molar-refractivity contribution in [3.05, 3.63) is 34.6 Å². The Kier molecular flexibility index (Phi) is 4.90. The number of ether oxygens (including phenoxy) is 2. The van der Waals surface area contributed by atoms with Gasteiger partial charge in [-0.05, 0) is 44.9 Å². The molecule has 0 saturated heterocycles. The van der Waals surface area contributed by atoms with Crippen molar-refractivity contribution in [1.82, 2.24) is 0 Å². The lowest BCUT2D eigenvalue weighted by molar-refractivity contribution is -0.142. The van der Waals surface area contributed by atoms with Gasteiger partial charge in [-0.3, -0.25) is 0 Å². The first-order valence-electron chi connectivity index (χ1n) is 5.60. The summed E-state index contributed by atoms with van der Waals surface area (Å²) < 4.78 is 24.7. The number of halogens is 1. The number of rotatable bonds is 5. The van der Waals surface area contributed by atoms with Crippen LogP contribution in [0.3, 0.4) is 0 Å². The van der Waals surface area contributed by atoms with E-state index in [4.69, 9.17) is 9.47 Å². The quantitative estimate of drug-likeness (QED) is 0.715. The van der Waals surface area contributed by atoms with E-state index in [0.29, 0.717) is 18.8 Å². The maximum absolute atomic E-state index is 13.8. The van der Waals surface area contributed by atoms with E-state index in [1.807, 2.05) is 33.8 Å². The van der Waals surface area contributed by atoms with Gasteiger partial charge in [0, 0.05) is 18.8 Å². The van der Waals surface area contributed by atoms with Gasteiger partial charge in [0.05, 0.1) is 0 Å². The van der Waals surface area contributed by atoms with Crippen molar-refractivity contribution in [2.75, 3.05) is 13.2 Å². The molecule has 0 aliphatic rings. The van der Waals surface area contributed by atoms with Gasteiger partial charge in [0.2, 0.25) is 0 Å².